The maximum atomic E-state index is 12.6. The fraction of sp³-hybridized carbons (Fsp3) is 0.375. The van der Waals surface area contributed by atoms with E-state index in [4.69, 9.17) is 14.2 Å². The van der Waals surface area contributed by atoms with Crippen LogP contribution in [0.4, 0.5) is 5.69 Å². The van der Waals surface area contributed by atoms with Gasteiger partial charge in [0.25, 0.3) is 5.69 Å². The maximum absolute atomic E-state index is 12.6. The number of phenolic OH excluding ortho intramolecular Hbond substituents is 1. The van der Waals surface area contributed by atoms with Gasteiger partial charge in [-0.3, -0.25) is 10.1 Å². The van der Waals surface area contributed by atoms with Gasteiger partial charge in [0.2, 0.25) is 0 Å². The van der Waals surface area contributed by atoms with E-state index in [2.05, 4.69) is 6.92 Å². The molecule has 3 aromatic carbocycles. The number of esters is 2. The summed E-state index contributed by atoms with van der Waals surface area (Å²) in [7, 11) is 0. The number of phenols is 1. The normalized spacial score (nSPS) is 10.7. The van der Waals surface area contributed by atoms with Gasteiger partial charge in [0, 0.05) is 12.1 Å². The minimum absolute atomic E-state index is 0.0563. The van der Waals surface area contributed by atoms with Crippen LogP contribution in [0.25, 0.3) is 0 Å². The standard InChI is InChI=1S/C32H37NO8/c1-2-3-4-5-6-7-8-9-10-21-39-27-17-13-25(14-18-27)31(35)41-28-19-20-30(34)29(22-28)32(36)40-23-24-11-15-26(16-12-24)33(37)38/h11-20,22,34H,2-10,21,23H2,1H3. The van der Waals surface area contributed by atoms with Crippen LogP contribution in [-0.4, -0.2) is 28.6 Å². The lowest BCUT2D eigenvalue weighted by Gasteiger charge is -2.10. The van der Waals surface area contributed by atoms with Crippen molar-refractivity contribution in [1.82, 2.24) is 0 Å². The van der Waals surface area contributed by atoms with E-state index in [0.717, 1.165) is 12.8 Å². The molecule has 0 radical (unpaired) electrons. The molecule has 3 aromatic rings. The monoisotopic (exact) mass is 563 g/mol. The minimum Gasteiger partial charge on any atom is -0.507 e. The van der Waals surface area contributed by atoms with Crippen molar-refractivity contribution in [2.45, 2.75) is 71.3 Å². The highest BCUT2D eigenvalue weighted by molar-refractivity contribution is 5.94. The van der Waals surface area contributed by atoms with Crippen molar-refractivity contribution in [3.8, 4) is 17.2 Å². The summed E-state index contributed by atoms with van der Waals surface area (Å²) >= 11 is 0. The van der Waals surface area contributed by atoms with Crippen LogP contribution in [0.1, 0.15) is 91.0 Å². The predicted octanol–water partition coefficient (Wildman–Crippen LogP) is 7.79. The summed E-state index contributed by atoms with van der Waals surface area (Å²) < 4.78 is 16.4. The number of nitrogens with zero attached hydrogens (tertiary/aromatic N) is 1. The zero-order valence-corrected chi connectivity index (χ0v) is 23.4. The lowest BCUT2D eigenvalue weighted by atomic mass is 10.1. The molecule has 0 unspecified atom stereocenters. The second-order valence-electron chi connectivity index (χ2n) is 9.77. The van der Waals surface area contributed by atoms with Crippen molar-refractivity contribution >= 4 is 17.6 Å². The Morgan fingerprint density at radius 3 is 2.02 bits per heavy atom. The summed E-state index contributed by atoms with van der Waals surface area (Å²) in [5.74, 6) is -1.09. The lowest BCUT2D eigenvalue weighted by molar-refractivity contribution is -0.384. The molecular formula is C32H37NO8. The van der Waals surface area contributed by atoms with Crippen LogP contribution < -0.4 is 9.47 Å². The third-order valence-corrected chi connectivity index (χ3v) is 6.52. The van der Waals surface area contributed by atoms with E-state index in [9.17, 15) is 24.8 Å². The number of nitro benzene ring substituents is 1. The Kier molecular flexibility index (Phi) is 12.6. The maximum Gasteiger partial charge on any atom is 0.343 e. The number of benzene rings is 3. The van der Waals surface area contributed by atoms with Gasteiger partial charge in [-0.15, -0.1) is 0 Å². The van der Waals surface area contributed by atoms with E-state index >= 15 is 0 Å². The second kappa shape index (κ2) is 16.6. The Morgan fingerprint density at radius 2 is 1.39 bits per heavy atom. The van der Waals surface area contributed by atoms with Gasteiger partial charge < -0.3 is 19.3 Å². The van der Waals surface area contributed by atoms with Gasteiger partial charge in [-0.2, -0.15) is 0 Å². The van der Waals surface area contributed by atoms with E-state index in [1.807, 2.05) is 0 Å². The molecule has 0 saturated carbocycles. The van der Waals surface area contributed by atoms with Crippen molar-refractivity contribution in [3.63, 3.8) is 0 Å². The van der Waals surface area contributed by atoms with Crippen molar-refractivity contribution in [1.29, 1.82) is 0 Å². The lowest BCUT2D eigenvalue weighted by Crippen LogP contribution is -2.10. The Bertz CT molecular complexity index is 1270. The summed E-state index contributed by atoms with van der Waals surface area (Å²) in [6.07, 6.45) is 11.2. The van der Waals surface area contributed by atoms with Gasteiger partial charge in [-0.25, -0.2) is 9.59 Å². The molecule has 0 aliphatic carbocycles. The van der Waals surface area contributed by atoms with Crippen LogP contribution >= 0.6 is 0 Å². The molecule has 0 aliphatic rings. The van der Waals surface area contributed by atoms with Crippen molar-refractivity contribution < 1.29 is 33.8 Å². The topological polar surface area (TPSA) is 125 Å². The summed E-state index contributed by atoms with van der Waals surface area (Å²) in [6, 6.07) is 16.0. The first-order valence-corrected chi connectivity index (χ1v) is 14.1. The van der Waals surface area contributed by atoms with Gasteiger partial charge in [-0.05, 0) is 66.6 Å². The van der Waals surface area contributed by atoms with Crippen LogP contribution in [0.2, 0.25) is 0 Å². The molecule has 41 heavy (non-hydrogen) atoms. The molecule has 0 atom stereocenters. The Balaban J connectivity index is 1.43. The first-order valence-electron chi connectivity index (χ1n) is 14.1. The molecule has 0 aromatic heterocycles. The van der Waals surface area contributed by atoms with Crippen LogP contribution in [0.15, 0.2) is 66.7 Å². The average molecular weight is 564 g/mol. The molecule has 0 bridgehead atoms. The molecule has 0 heterocycles. The number of aromatic hydroxyl groups is 1. The predicted molar refractivity (Wildman–Crippen MR) is 154 cm³/mol. The molecule has 3 rings (SSSR count). The number of carbonyl (C=O) groups is 2. The van der Waals surface area contributed by atoms with E-state index in [-0.39, 0.29) is 29.4 Å². The highest BCUT2D eigenvalue weighted by Crippen LogP contribution is 2.25. The third-order valence-electron chi connectivity index (χ3n) is 6.52. The Hall–Kier alpha value is -4.40. The molecule has 0 aliphatic heterocycles. The van der Waals surface area contributed by atoms with Gasteiger partial charge in [-0.1, -0.05) is 58.3 Å². The number of hydrogen-bond acceptors (Lipinski definition) is 8. The smallest absolute Gasteiger partial charge is 0.343 e. The number of hydrogen-bond donors (Lipinski definition) is 1. The molecule has 9 nitrogen and oxygen atoms in total. The van der Waals surface area contributed by atoms with Crippen LogP contribution in [0.5, 0.6) is 17.2 Å². The van der Waals surface area contributed by atoms with Gasteiger partial charge >= 0.3 is 11.9 Å². The number of nitro groups is 1. The Labute approximate surface area is 240 Å². The highest BCUT2D eigenvalue weighted by atomic mass is 16.6. The quantitative estimate of drug-likeness (QED) is 0.0580. The van der Waals surface area contributed by atoms with Crippen LogP contribution in [0.3, 0.4) is 0 Å². The number of non-ortho nitro benzene ring substituents is 1. The molecular weight excluding hydrogens is 526 g/mol. The molecule has 0 fully saturated rings. The summed E-state index contributed by atoms with van der Waals surface area (Å²) in [5.41, 5.74) is 0.573. The third kappa shape index (κ3) is 10.6. The minimum atomic E-state index is -0.841. The zero-order valence-electron chi connectivity index (χ0n) is 23.4. The fourth-order valence-corrected chi connectivity index (χ4v) is 4.14. The van der Waals surface area contributed by atoms with E-state index in [1.54, 1.807) is 24.3 Å². The summed E-state index contributed by atoms with van der Waals surface area (Å²) in [5, 5.41) is 20.9. The largest absolute Gasteiger partial charge is 0.507 e. The van der Waals surface area contributed by atoms with Gasteiger partial charge in [0.15, 0.2) is 0 Å². The van der Waals surface area contributed by atoms with Crippen LogP contribution in [0, 0.1) is 10.1 Å². The SMILES string of the molecule is CCCCCCCCCCCOc1ccc(C(=O)Oc2ccc(O)c(C(=O)OCc3ccc([N+](=O)[O-])cc3)c2)cc1. The first kappa shape index (κ1) is 31.1. The van der Waals surface area contributed by atoms with Gasteiger partial charge in [0.1, 0.15) is 29.4 Å². The average Bonchev–Trinajstić information content (AvgIpc) is 2.98. The zero-order chi connectivity index (χ0) is 29.5. The first-order chi connectivity index (χ1) is 19.9. The van der Waals surface area contributed by atoms with Crippen molar-refractivity contribution in [2.75, 3.05) is 6.61 Å². The van der Waals surface area contributed by atoms with E-state index in [0.29, 0.717) is 23.5 Å². The second-order valence-corrected chi connectivity index (χ2v) is 9.77. The molecule has 0 spiro atoms. The van der Waals surface area contributed by atoms with E-state index in [1.165, 1.54) is 87.4 Å². The fourth-order valence-electron chi connectivity index (χ4n) is 4.14. The Morgan fingerprint density at radius 1 is 0.780 bits per heavy atom. The van der Waals surface area contributed by atoms with E-state index < -0.39 is 16.9 Å². The number of unbranched alkanes of at least 4 members (excludes halogenated alkanes) is 8. The van der Waals surface area contributed by atoms with Gasteiger partial charge in [0.05, 0.1) is 17.1 Å². The number of ether oxygens (including phenoxy) is 3. The molecule has 1 N–H and O–H groups in total. The van der Waals surface area contributed by atoms with Crippen molar-refractivity contribution in [3.05, 3.63) is 93.5 Å². The number of rotatable bonds is 17. The molecule has 218 valence electrons. The molecule has 9 heteroatoms. The summed E-state index contributed by atoms with van der Waals surface area (Å²) in [4.78, 5) is 35.4. The number of carbonyl (C=O) groups excluding carboxylic acids is 2. The summed E-state index contributed by atoms with van der Waals surface area (Å²) in [6.45, 7) is 2.69. The highest BCUT2D eigenvalue weighted by Gasteiger charge is 2.17. The molecule has 0 saturated heterocycles. The van der Waals surface area contributed by atoms with Crippen molar-refractivity contribution in [2.24, 2.45) is 0 Å². The van der Waals surface area contributed by atoms with Crippen LogP contribution in [-0.2, 0) is 11.3 Å². The molecule has 0 amide bonds.